The first-order chi connectivity index (χ1) is 16.9. The Bertz CT molecular complexity index is 1210. The van der Waals surface area contributed by atoms with Gasteiger partial charge in [0.2, 0.25) is 0 Å². The van der Waals surface area contributed by atoms with Gasteiger partial charge in [0.25, 0.3) is 0 Å². The summed E-state index contributed by atoms with van der Waals surface area (Å²) in [6.07, 6.45) is 3.47. The molecule has 35 heavy (non-hydrogen) atoms. The van der Waals surface area contributed by atoms with Crippen molar-refractivity contribution in [3.05, 3.63) is 71.4 Å². The van der Waals surface area contributed by atoms with Gasteiger partial charge in [0.05, 0.1) is 22.5 Å². The van der Waals surface area contributed by atoms with Gasteiger partial charge in [-0.15, -0.1) is 0 Å². The molecule has 0 aliphatic carbocycles. The Morgan fingerprint density at radius 1 is 1.26 bits per heavy atom. The lowest BCUT2D eigenvalue weighted by molar-refractivity contribution is 0.111. The normalized spacial score (nSPS) is 14.0. The van der Waals surface area contributed by atoms with Crippen LogP contribution in [0.2, 0.25) is 5.02 Å². The van der Waals surface area contributed by atoms with Gasteiger partial charge < -0.3 is 15.5 Å². The maximum absolute atomic E-state index is 11.0. The molecule has 2 N–H and O–H groups in total. The van der Waals surface area contributed by atoms with E-state index in [0.29, 0.717) is 28.5 Å². The summed E-state index contributed by atoms with van der Waals surface area (Å²) in [6.45, 7) is 7.76. The van der Waals surface area contributed by atoms with E-state index in [0.717, 1.165) is 34.2 Å². The summed E-state index contributed by atoms with van der Waals surface area (Å²) >= 11 is 6.34. The fourth-order valence-corrected chi connectivity index (χ4v) is 4.33. The number of nitriles is 1. The van der Waals surface area contributed by atoms with Crippen LogP contribution in [0.4, 0.5) is 5.69 Å². The first-order valence-electron chi connectivity index (χ1n) is 11.7. The van der Waals surface area contributed by atoms with Crippen molar-refractivity contribution in [2.45, 2.75) is 12.8 Å². The molecule has 1 aliphatic heterocycles. The Morgan fingerprint density at radius 3 is 2.69 bits per heavy atom. The van der Waals surface area contributed by atoms with E-state index in [1.807, 2.05) is 49.5 Å². The zero-order valence-corrected chi connectivity index (χ0v) is 21.1. The molecule has 0 amide bonds. The third-order valence-corrected chi connectivity index (χ3v) is 6.44. The molecule has 0 saturated carbocycles. The van der Waals surface area contributed by atoms with E-state index in [-0.39, 0.29) is 0 Å². The molecule has 2 heterocycles. The number of likely N-dealkylation sites (tertiary alicyclic amines) is 1. The number of aromatic nitrogens is 1. The van der Waals surface area contributed by atoms with Crippen molar-refractivity contribution in [1.82, 2.24) is 15.2 Å². The number of aldehydes is 1. The molecule has 7 heteroatoms. The van der Waals surface area contributed by atoms with Crippen molar-refractivity contribution < 1.29 is 4.79 Å². The Hall–Kier alpha value is -3.24. The summed E-state index contributed by atoms with van der Waals surface area (Å²) in [5, 5.41) is 17.8. The van der Waals surface area contributed by atoms with Gasteiger partial charge in [-0.1, -0.05) is 42.4 Å². The number of nitrogens with zero attached hydrogens (tertiary/aromatic N) is 3. The van der Waals surface area contributed by atoms with Crippen molar-refractivity contribution >= 4 is 34.3 Å². The molecule has 3 aromatic rings. The lowest BCUT2D eigenvalue weighted by atomic mass is 9.97. The maximum atomic E-state index is 11.0. The average Bonchev–Trinajstić information content (AvgIpc) is 2.89. The van der Waals surface area contributed by atoms with Crippen molar-refractivity contribution in [3.8, 4) is 17.3 Å². The highest BCUT2D eigenvalue weighted by molar-refractivity contribution is 6.35. The molecule has 0 unspecified atom stereocenters. The number of halogens is 1. The molecule has 6 nitrogen and oxygen atoms in total. The van der Waals surface area contributed by atoms with Crippen LogP contribution in [0.15, 0.2) is 60.7 Å². The molecule has 0 atom stereocenters. The van der Waals surface area contributed by atoms with Crippen molar-refractivity contribution in [1.29, 1.82) is 5.26 Å². The third kappa shape index (κ3) is 7.37. The van der Waals surface area contributed by atoms with Gasteiger partial charge in [-0.2, -0.15) is 5.26 Å². The fraction of sp³-hybridized carbons (Fsp3) is 0.321. The van der Waals surface area contributed by atoms with Gasteiger partial charge >= 0.3 is 0 Å². The van der Waals surface area contributed by atoms with Crippen LogP contribution in [0.5, 0.6) is 0 Å². The summed E-state index contributed by atoms with van der Waals surface area (Å²) < 4.78 is 0. The quantitative estimate of drug-likeness (QED) is 0.341. The van der Waals surface area contributed by atoms with E-state index in [1.165, 1.54) is 32.5 Å². The zero-order valence-electron chi connectivity index (χ0n) is 20.4. The van der Waals surface area contributed by atoms with Crippen LogP contribution in [0, 0.1) is 17.2 Å². The number of nitrogens with one attached hydrogen (secondary N) is 2. The largest absolute Gasteiger partial charge is 0.379 e. The average molecular weight is 490 g/mol. The molecule has 0 spiro atoms. The number of pyridine rings is 1. The first-order valence-corrected chi connectivity index (χ1v) is 12.1. The molecule has 182 valence electrons. The van der Waals surface area contributed by atoms with Crippen LogP contribution in [-0.2, 0) is 0 Å². The number of carbonyl (C=O) groups is 1. The van der Waals surface area contributed by atoms with Crippen LogP contribution in [0.1, 0.15) is 23.3 Å². The van der Waals surface area contributed by atoms with Gasteiger partial charge in [0, 0.05) is 23.1 Å². The van der Waals surface area contributed by atoms with Gasteiger partial charge in [0.15, 0.2) is 6.29 Å². The van der Waals surface area contributed by atoms with E-state index >= 15 is 0 Å². The van der Waals surface area contributed by atoms with Crippen LogP contribution in [0.3, 0.4) is 0 Å². The smallest absolute Gasteiger partial charge is 0.168 e. The Kier molecular flexibility index (Phi) is 9.80. The monoisotopic (exact) mass is 489 g/mol. The van der Waals surface area contributed by atoms with Crippen LogP contribution >= 0.6 is 11.6 Å². The number of fused-ring (bicyclic) bond motifs is 1. The van der Waals surface area contributed by atoms with Crippen LogP contribution in [0.25, 0.3) is 22.0 Å². The molecule has 4 rings (SSSR count). The lowest BCUT2D eigenvalue weighted by Crippen LogP contribution is -2.34. The van der Waals surface area contributed by atoms with E-state index in [4.69, 9.17) is 16.9 Å². The third-order valence-electron chi connectivity index (χ3n) is 6.13. The van der Waals surface area contributed by atoms with Gasteiger partial charge in [-0.25, -0.2) is 4.98 Å². The molecule has 1 aliphatic rings. The summed E-state index contributed by atoms with van der Waals surface area (Å²) in [5.74, 6) is 0.932. The molecule has 0 bridgehead atoms. The Morgan fingerprint density at radius 2 is 2.00 bits per heavy atom. The second-order valence-corrected chi connectivity index (χ2v) is 9.20. The van der Waals surface area contributed by atoms with Crippen molar-refractivity contribution in [2.24, 2.45) is 5.92 Å². The zero-order chi connectivity index (χ0) is 25.2. The molecule has 2 aromatic carbocycles. The highest BCUT2D eigenvalue weighted by atomic mass is 35.5. The fourth-order valence-electron chi connectivity index (χ4n) is 4.10. The summed E-state index contributed by atoms with van der Waals surface area (Å²) in [4.78, 5) is 17.7. The molecule has 1 saturated heterocycles. The number of anilines is 1. The maximum Gasteiger partial charge on any atom is 0.168 e. The minimum Gasteiger partial charge on any atom is -0.379 e. The first kappa shape index (κ1) is 26.4. The highest BCUT2D eigenvalue weighted by Crippen LogP contribution is 2.34. The molecular formula is C28H32ClN5O. The highest BCUT2D eigenvalue weighted by Gasteiger charge is 2.15. The number of hydrogen-bond acceptors (Lipinski definition) is 6. The molecular weight excluding hydrogens is 458 g/mol. The van der Waals surface area contributed by atoms with Crippen molar-refractivity contribution in [2.75, 3.05) is 45.6 Å². The van der Waals surface area contributed by atoms with Gasteiger partial charge in [-0.05, 0) is 82.1 Å². The summed E-state index contributed by atoms with van der Waals surface area (Å²) in [5.41, 5.74) is 3.13. The number of hydrogen-bond donors (Lipinski definition) is 2. The van der Waals surface area contributed by atoms with Crippen molar-refractivity contribution in [3.63, 3.8) is 0 Å². The number of benzene rings is 2. The Balaban J connectivity index is 0.000000287. The predicted octanol–water partition coefficient (Wildman–Crippen LogP) is 5.41. The van der Waals surface area contributed by atoms with Gasteiger partial charge in [-0.3, -0.25) is 4.79 Å². The minimum atomic E-state index is 0.318. The molecule has 1 fully saturated rings. The Labute approximate surface area is 212 Å². The summed E-state index contributed by atoms with van der Waals surface area (Å²) in [6, 6.07) is 17.0. The predicted molar refractivity (Wildman–Crippen MR) is 145 cm³/mol. The van der Waals surface area contributed by atoms with Crippen LogP contribution in [-0.4, -0.2) is 56.4 Å². The summed E-state index contributed by atoms with van der Waals surface area (Å²) in [7, 11) is 4.24. The van der Waals surface area contributed by atoms with E-state index < -0.39 is 0 Å². The second kappa shape index (κ2) is 13.0. The van der Waals surface area contributed by atoms with E-state index in [9.17, 15) is 4.79 Å². The van der Waals surface area contributed by atoms with E-state index in [1.54, 1.807) is 12.1 Å². The number of piperidine rings is 1. The standard InChI is InChI=1S/C20H14ClN3O.C8H18N2/c1-13(10-22)11-23-20-17-9-15(6-5-14(17)7-8-18(20)21)19-4-2-3-16(12-25)24-19;1-9-7-8-3-5-10(2)6-4-8/h2-9,12,23H,1,11H2;8-9H,3-7H2,1-2H3. The molecule has 0 radical (unpaired) electrons. The van der Waals surface area contributed by atoms with Gasteiger partial charge in [0.1, 0.15) is 5.69 Å². The van der Waals surface area contributed by atoms with Crippen LogP contribution < -0.4 is 10.6 Å². The van der Waals surface area contributed by atoms with E-state index in [2.05, 4.69) is 34.1 Å². The topological polar surface area (TPSA) is 81.0 Å². The number of rotatable bonds is 7. The minimum absolute atomic E-state index is 0.318. The molecule has 1 aromatic heterocycles. The second-order valence-electron chi connectivity index (χ2n) is 8.80. The lowest BCUT2D eigenvalue weighted by Gasteiger charge is -2.28. The SMILES string of the molecule is C=C(C#N)CNc1c(Cl)ccc2ccc(-c3cccc(C=O)n3)cc12.CNCC1CCN(C)CC1. The number of carbonyl (C=O) groups excluding carboxylic acids is 1.